The number of ether oxygens (including phenoxy) is 1. The number of nitrogens with zero attached hydrogens (tertiary/aromatic N) is 4. The topological polar surface area (TPSA) is 78.5 Å². The van der Waals surface area contributed by atoms with Gasteiger partial charge in [-0.3, -0.25) is 13.8 Å². The lowest BCUT2D eigenvalue weighted by atomic mass is 10.2. The summed E-state index contributed by atoms with van der Waals surface area (Å²) in [6.45, 7) is 1.86. The van der Waals surface area contributed by atoms with Gasteiger partial charge in [0.25, 0.3) is 5.56 Å². The van der Waals surface area contributed by atoms with Crippen LogP contribution in [0.4, 0.5) is 0 Å². The molecule has 7 nitrogen and oxygen atoms in total. The molecule has 148 valence electrons. The third kappa shape index (κ3) is 3.17. The second-order valence-corrected chi connectivity index (χ2v) is 7.62. The number of esters is 1. The predicted molar refractivity (Wildman–Crippen MR) is 114 cm³/mol. The average Bonchev–Trinajstić information content (AvgIpc) is 3.35. The summed E-state index contributed by atoms with van der Waals surface area (Å²) in [6.07, 6.45) is 1.66. The number of thiazole rings is 1. The molecule has 0 amide bonds. The maximum Gasteiger partial charge on any atom is 0.338 e. The van der Waals surface area contributed by atoms with Gasteiger partial charge in [0.2, 0.25) is 0 Å². The van der Waals surface area contributed by atoms with Crippen molar-refractivity contribution in [1.82, 2.24) is 18.9 Å². The van der Waals surface area contributed by atoms with Crippen molar-refractivity contribution in [3.05, 3.63) is 93.6 Å². The Hall–Kier alpha value is -3.78. The molecular weight excluding hydrogens is 400 g/mol. The molecule has 0 spiro atoms. The van der Waals surface area contributed by atoms with Crippen LogP contribution < -0.4 is 5.56 Å². The van der Waals surface area contributed by atoms with Gasteiger partial charge in [0, 0.05) is 23.3 Å². The second-order valence-electron chi connectivity index (χ2n) is 6.75. The first-order valence-corrected chi connectivity index (χ1v) is 10.2. The van der Waals surface area contributed by atoms with Gasteiger partial charge in [-0.05, 0) is 37.3 Å². The van der Waals surface area contributed by atoms with E-state index >= 15 is 0 Å². The summed E-state index contributed by atoms with van der Waals surface area (Å²) in [7, 11) is 0. The van der Waals surface area contributed by atoms with Crippen LogP contribution in [-0.4, -0.2) is 24.9 Å². The number of hydrogen-bond donors (Lipinski definition) is 0. The van der Waals surface area contributed by atoms with Crippen LogP contribution in [0.3, 0.4) is 0 Å². The van der Waals surface area contributed by atoms with Crippen LogP contribution in [0.1, 0.15) is 21.9 Å². The summed E-state index contributed by atoms with van der Waals surface area (Å²) in [6, 6.07) is 16.6. The minimum absolute atomic E-state index is 0.0714. The molecule has 0 N–H and O–H groups in total. The van der Waals surface area contributed by atoms with Crippen LogP contribution in [0.25, 0.3) is 21.7 Å². The van der Waals surface area contributed by atoms with Gasteiger partial charge < -0.3 is 4.74 Å². The molecule has 0 unspecified atom stereocenters. The molecular formula is C22H16N4O3S. The van der Waals surface area contributed by atoms with E-state index in [1.165, 1.54) is 21.8 Å². The minimum atomic E-state index is -0.489. The molecule has 5 aromatic rings. The van der Waals surface area contributed by atoms with Crippen molar-refractivity contribution < 1.29 is 9.53 Å². The molecule has 0 saturated carbocycles. The molecule has 8 heteroatoms. The van der Waals surface area contributed by atoms with E-state index in [0.717, 1.165) is 17.0 Å². The Morgan fingerprint density at radius 2 is 1.93 bits per heavy atom. The van der Waals surface area contributed by atoms with Crippen molar-refractivity contribution in [2.45, 2.75) is 13.5 Å². The third-order valence-electron chi connectivity index (χ3n) is 4.78. The smallest absolute Gasteiger partial charge is 0.338 e. The van der Waals surface area contributed by atoms with Gasteiger partial charge in [0.15, 0.2) is 4.96 Å². The van der Waals surface area contributed by atoms with Gasteiger partial charge >= 0.3 is 5.97 Å². The molecule has 2 aromatic carbocycles. The van der Waals surface area contributed by atoms with Crippen molar-refractivity contribution in [2.24, 2.45) is 0 Å². The summed E-state index contributed by atoms with van der Waals surface area (Å²) in [5.41, 5.74) is 3.25. The van der Waals surface area contributed by atoms with E-state index < -0.39 is 5.97 Å². The fourth-order valence-electron chi connectivity index (χ4n) is 3.42. The van der Waals surface area contributed by atoms with E-state index in [1.54, 1.807) is 23.7 Å². The van der Waals surface area contributed by atoms with Crippen molar-refractivity contribution in [3.8, 4) is 5.69 Å². The number of fused-ring (bicyclic) bond motifs is 2. The number of aryl methyl sites for hydroxylation is 1. The summed E-state index contributed by atoms with van der Waals surface area (Å²) < 4.78 is 8.88. The molecule has 0 atom stereocenters. The molecule has 3 heterocycles. The van der Waals surface area contributed by atoms with Gasteiger partial charge in [0.05, 0.1) is 22.3 Å². The lowest BCUT2D eigenvalue weighted by Crippen LogP contribution is -2.14. The molecule has 0 aliphatic rings. The zero-order valence-corrected chi connectivity index (χ0v) is 16.8. The summed E-state index contributed by atoms with van der Waals surface area (Å²) >= 11 is 1.35. The van der Waals surface area contributed by atoms with Crippen LogP contribution >= 0.6 is 11.3 Å². The van der Waals surface area contributed by atoms with Crippen molar-refractivity contribution in [2.75, 3.05) is 0 Å². The molecule has 30 heavy (non-hydrogen) atoms. The van der Waals surface area contributed by atoms with Gasteiger partial charge in [-0.1, -0.05) is 18.2 Å². The van der Waals surface area contributed by atoms with Gasteiger partial charge in [-0.15, -0.1) is 11.3 Å². The Balaban J connectivity index is 1.40. The summed E-state index contributed by atoms with van der Waals surface area (Å²) in [5, 5.41) is 1.78. The van der Waals surface area contributed by atoms with Crippen LogP contribution in [0.2, 0.25) is 0 Å². The Morgan fingerprint density at radius 3 is 2.77 bits per heavy atom. The Bertz CT molecular complexity index is 1450. The maximum absolute atomic E-state index is 12.6. The molecule has 0 saturated heterocycles. The van der Waals surface area contributed by atoms with Crippen LogP contribution in [0.15, 0.2) is 71.0 Å². The zero-order valence-electron chi connectivity index (χ0n) is 16.0. The standard InChI is InChI=1S/C22H16N4O3S/c1-14-23-18-11-15(7-8-19(18)26(14)17-5-3-2-4-6-17)21(28)29-13-16-12-20(27)25-9-10-30-22(25)24-16/h2-12H,13H2,1H3. The van der Waals surface area contributed by atoms with Crippen molar-refractivity contribution >= 4 is 33.3 Å². The number of benzene rings is 2. The molecule has 0 bridgehead atoms. The van der Waals surface area contributed by atoms with E-state index in [9.17, 15) is 9.59 Å². The molecule has 3 aromatic heterocycles. The zero-order chi connectivity index (χ0) is 20.7. The normalized spacial score (nSPS) is 11.2. The Morgan fingerprint density at radius 1 is 1.10 bits per heavy atom. The fourth-order valence-corrected chi connectivity index (χ4v) is 4.15. The molecule has 0 aliphatic carbocycles. The monoisotopic (exact) mass is 416 g/mol. The van der Waals surface area contributed by atoms with E-state index in [4.69, 9.17) is 4.74 Å². The molecule has 0 radical (unpaired) electrons. The summed E-state index contributed by atoms with van der Waals surface area (Å²) in [4.78, 5) is 34.1. The first-order valence-electron chi connectivity index (χ1n) is 9.27. The highest BCUT2D eigenvalue weighted by Crippen LogP contribution is 2.22. The molecule has 0 fully saturated rings. The van der Waals surface area contributed by atoms with Crippen LogP contribution in [0.5, 0.6) is 0 Å². The number of para-hydroxylation sites is 1. The largest absolute Gasteiger partial charge is 0.456 e. The highest BCUT2D eigenvalue weighted by atomic mass is 32.1. The quantitative estimate of drug-likeness (QED) is 0.417. The Kier molecular flexibility index (Phi) is 4.40. The number of imidazole rings is 1. The predicted octanol–water partition coefficient (Wildman–Crippen LogP) is 3.76. The van der Waals surface area contributed by atoms with E-state index in [0.29, 0.717) is 21.7 Å². The van der Waals surface area contributed by atoms with Crippen LogP contribution in [0, 0.1) is 6.92 Å². The lowest BCUT2D eigenvalue weighted by molar-refractivity contribution is 0.0468. The first kappa shape index (κ1) is 18.3. The van der Waals surface area contributed by atoms with Crippen molar-refractivity contribution in [3.63, 3.8) is 0 Å². The minimum Gasteiger partial charge on any atom is -0.456 e. The lowest BCUT2D eigenvalue weighted by Gasteiger charge is -2.07. The number of carbonyl (C=O) groups excluding carboxylic acids is 1. The van der Waals surface area contributed by atoms with Crippen molar-refractivity contribution in [1.29, 1.82) is 0 Å². The van der Waals surface area contributed by atoms with E-state index in [2.05, 4.69) is 9.97 Å². The second kappa shape index (κ2) is 7.23. The first-order chi connectivity index (χ1) is 14.6. The summed E-state index contributed by atoms with van der Waals surface area (Å²) in [5.74, 6) is 0.340. The number of hydrogen-bond acceptors (Lipinski definition) is 6. The highest BCUT2D eigenvalue weighted by Gasteiger charge is 2.14. The average molecular weight is 416 g/mol. The fraction of sp³-hybridized carbons (Fsp3) is 0.0909. The maximum atomic E-state index is 12.6. The number of aromatic nitrogens is 4. The van der Waals surface area contributed by atoms with E-state index in [-0.39, 0.29) is 12.2 Å². The van der Waals surface area contributed by atoms with Gasteiger partial charge in [0.1, 0.15) is 12.4 Å². The number of carbonyl (C=O) groups is 1. The van der Waals surface area contributed by atoms with E-state index in [1.807, 2.05) is 47.9 Å². The van der Waals surface area contributed by atoms with Gasteiger partial charge in [-0.25, -0.2) is 14.8 Å². The van der Waals surface area contributed by atoms with Gasteiger partial charge in [-0.2, -0.15) is 0 Å². The third-order valence-corrected chi connectivity index (χ3v) is 5.54. The molecule has 5 rings (SSSR count). The Labute approximate surface area is 174 Å². The highest BCUT2D eigenvalue weighted by molar-refractivity contribution is 7.15. The number of rotatable bonds is 4. The SMILES string of the molecule is Cc1nc2cc(C(=O)OCc3cc(=O)n4ccsc4n3)ccc2n1-c1ccccc1. The van der Waals surface area contributed by atoms with Crippen LogP contribution in [-0.2, 0) is 11.3 Å². The molecule has 0 aliphatic heterocycles.